The number of likely N-dealkylation sites (tertiary alicyclic amines) is 1. The Morgan fingerprint density at radius 2 is 2.00 bits per heavy atom. The summed E-state index contributed by atoms with van der Waals surface area (Å²) in [7, 11) is 1.59. The van der Waals surface area contributed by atoms with E-state index in [0.717, 1.165) is 0 Å². The molecule has 0 unspecified atom stereocenters. The monoisotopic (exact) mass is 258 g/mol. The second-order valence-electron chi connectivity index (χ2n) is 4.98. The largest absolute Gasteiger partial charge is 0.481 e. The van der Waals surface area contributed by atoms with E-state index in [0.29, 0.717) is 45.6 Å². The van der Waals surface area contributed by atoms with Gasteiger partial charge in [-0.25, -0.2) is 0 Å². The van der Waals surface area contributed by atoms with Crippen molar-refractivity contribution in [3.63, 3.8) is 0 Å². The standard InChI is InChI=1S/C12H22N2O4/c1-12(11(16)17)3-6-14(7-4-12)9-10(15)13-5-8-18-2/h3-9H2,1-2H3,(H,13,15)(H,16,17). The van der Waals surface area contributed by atoms with Gasteiger partial charge in [0.05, 0.1) is 18.6 Å². The fourth-order valence-corrected chi connectivity index (χ4v) is 1.97. The van der Waals surface area contributed by atoms with Crippen LogP contribution >= 0.6 is 0 Å². The van der Waals surface area contributed by atoms with Crippen molar-refractivity contribution in [2.45, 2.75) is 19.8 Å². The third kappa shape index (κ3) is 4.27. The summed E-state index contributed by atoms with van der Waals surface area (Å²) >= 11 is 0. The molecule has 0 saturated carbocycles. The van der Waals surface area contributed by atoms with Crippen LogP contribution in [0, 0.1) is 5.41 Å². The van der Waals surface area contributed by atoms with Crippen LogP contribution in [0.3, 0.4) is 0 Å². The number of rotatable bonds is 6. The highest BCUT2D eigenvalue weighted by Crippen LogP contribution is 2.30. The van der Waals surface area contributed by atoms with Crippen molar-refractivity contribution in [3.8, 4) is 0 Å². The SMILES string of the molecule is COCCNC(=O)CN1CCC(C)(C(=O)O)CC1. The Balaban J connectivity index is 2.27. The van der Waals surface area contributed by atoms with E-state index in [1.165, 1.54) is 0 Å². The number of hydrogen-bond donors (Lipinski definition) is 2. The highest BCUT2D eigenvalue weighted by Gasteiger charge is 2.36. The molecule has 0 aliphatic carbocycles. The predicted octanol–water partition coefficient (Wildman–Crippen LogP) is -0.0643. The number of carbonyl (C=O) groups is 2. The molecule has 1 aliphatic rings. The molecule has 6 heteroatoms. The van der Waals surface area contributed by atoms with Gasteiger partial charge in [0.25, 0.3) is 0 Å². The summed E-state index contributed by atoms with van der Waals surface area (Å²) < 4.78 is 4.84. The molecule has 1 heterocycles. The fourth-order valence-electron chi connectivity index (χ4n) is 1.97. The first-order valence-corrected chi connectivity index (χ1v) is 6.19. The minimum atomic E-state index is -0.744. The van der Waals surface area contributed by atoms with E-state index in [2.05, 4.69) is 5.32 Å². The van der Waals surface area contributed by atoms with E-state index < -0.39 is 11.4 Å². The van der Waals surface area contributed by atoms with Gasteiger partial charge in [-0.2, -0.15) is 0 Å². The van der Waals surface area contributed by atoms with Crippen LogP contribution in [0.25, 0.3) is 0 Å². The molecule has 1 rings (SSSR count). The molecule has 1 aliphatic heterocycles. The second kappa shape index (κ2) is 6.70. The predicted molar refractivity (Wildman–Crippen MR) is 66.3 cm³/mol. The fraction of sp³-hybridized carbons (Fsp3) is 0.833. The molecule has 6 nitrogen and oxygen atoms in total. The summed E-state index contributed by atoms with van der Waals surface area (Å²) in [5, 5.41) is 11.8. The van der Waals surface area contributed by atoms with Crippen LogP contribution in [0.15, 0.2) is 0 Å². The lowest BCUT2D eigenvalue weighted by Crippen LogP contribution is -2.46. The molecule has 1 saturated heterocycles. The van der Waals surface area contributed by atoms with Crippen LogP contribution in [0.1, 0.15) is 19.8 Å². The van der Waals surface area contributed by atoms with Gasteiger partial charge in [0, 0.05) is 13.7 Å². The average molecular weight is 258 g/mol. The number of nitrogens with zero attached hydrogens (tertiary/aromatic N) is 1. The van der Waals surface area contributed by atoms with Crippen LogP contribution in [0.2, 0.25) is 0 Å². The summed E-state index contributed by atoms with van der Waals surface area (Å²) in [5.41, 5.74) is -0.636. The third-order valence-electron chi connectivity index (χ3n) is 3.47. The molecular weight excluding hydrogens is 236 g/mol. The molecule has 1 amide bonds. The van der Waals surface area contributed by atoms with Crippen molar-refractivity contribution in [1.82, 2.24) is 10.2 Å². The second-order valence-corrected chi connectivity index (χ2v) is 4.98. The maximum Gasteiger partial charge on any atom is 0.309 e. The highest BCUT2D eigenvalue weighted by molar-refractivity contribution is 5.78. The van der Waals surface area contributed by atoms with Crippen molar-refractivity contribution in [1.29, 1.82) is 0 Å². The number of carbonyl (C=O) groups excluding carboxylic acids is 1. The van der Waals surface area contributed by atoms with Crippen molar-refractivity contribution < 1.29 is 19.4 Å². The molecule has 0 atom stereocenters. The van der Waals surface area contributed by atoms with Gasteiger partial charge >= 0.3 is 5.97 Å². The van der Waals surface area contributed by atoms with Crippen molar-refractivity contribution >= 4 is 11.9 Å². The number of hydrogen-bond acceptors (Lipinski definition) is 4. The van der Waals surface area contributed by atoms with Gasteiger partial charge in [-0.3, -0.25) is 14.5 Å². The van der Waals surface area contributed by atoms with Gasteiger partial charge in [0.2, 0.25) is 5.91 Å². The molecule has 104 valence electrons. The van der Waals surface area contributed by atoms with E-state index >= 15 is 0 Å². The van der Waals surface area contributed by atoms with Crippen LogP contribution in [0.5, 0.6) is 0 Å². The van der Waals surface area contributed by atoms with Gasteiger partial charge < -0.3 is 15.2 Å². The number of carboxylic acid groups (broad SMARTS) is 1. The van der Waals surface area contributed by atoms with Crippen LogP contribution < -0.4 is 5.32 Å². The molecule has 1 fully saturated rings. The Labute approximate surface area is 107 Å². The Morgan fingerprint density at radius 1 is 1.39 bits per heavy atom. The van der Waals surface area contributed by atoms with Gasteiger partial charge in [0.1, 0.15) is 0 Å². The minimum absolute atomic E-state index is 0.0361. The molecule has 0 bridgehead atoms. The molecule has 18 heavy (non-hydrogen) atoms. The molecule has 0 radical (unpaired) electrons. The van der Waals surface area contributed by atoms with Gasteiger partial charge in [-0.1, -0.05) is 0 Å². The summed E-state index contributed by atoms with van der Waals surface area (Å²) in [6.45, 7) is 4.42. The number of amides is 1. The quantitative estimate of drug-likeness (QED) is 0.652. The van der Waals surface area contributed by atoms with Gasteiger partial charge in [-0.15, -0.1) is 0 Å². The van der Waals surface area contributed by atoms with Crippen molar-refractivity contribution in [3.05, 3.63) is 0 Å². The molecule has 0 aromatic rings. The summed E-state index contributed by atoms with van der Waals surface area (Å²) in [4.78, 5) is 24.6. The highest BCUT2D eigenvalue weighted by atomic mass is 16.5. The number of piperidine rings is 1. The maximum absolute atomic E-state index is 11.6. The first kappa shape index (κ1) is 14.9. The zero-order chi connectivity index (χ0) is 13.6. The summed E-state index contributed by atoms with van der Waals surface area (Å²) in [6.07, 6.45) is 1.18. The summed E-state index contributed by atoms with van der Waals surface area (Å²) in [6, 6.07) is 0. The molecule has 0 spiro atoms. The van der Waals surface area contributed by atoms with E-state index in [-0.39, 0.29) is 5.91 Å². The van der Waals surface area contributed by atoms with Crippen LogP contribution in [-0.2, 0) is 14.3 Å². The molecule has 0 aromatic heterocycles. The molecule has 0 aromatic carbocycles. The summed E-state index contributed by atoms with van der Waals surface area (Å²) in [5.74, 6) is -0.780. The smallest absolute Gasteiger partial charge is 0.309 e. The number of carboxylic acids is 1. The Morgan fingerprint density at radius 3 is 2.50 bits per heavy atom. The maximum atomic E-state index is 11.6. The van der Waals surface area contributed by atoms with E-state index in [1.54, 1.807) is 14.0 Å². The number of nitrogens with one attached hydrogen (secondary N) is 1. The Hall–Kier alpha value is -1.14. The topological polar surface area (TPSA) is 78.9 Å². The van der Waals surface area contributed by atoms with E-state index in [9.17, 15) is 9.59 Å². The van der Waals surface area contributed by atoms with E-state index in [4.69, 9.17) is 9.84 Å². The normalized spacial score (nSPS) is 19.4. The lowest BCUT2D eigenvalue weighted by atomic mass is 9.80. The third-order valence-corrected chi connectivity index (χ3v) is 3.47. The minimum Gasteiger partial charge on any atom is -0.481 e. The van der Waals surface area contributed by atoms with Crippen molar-refractivity contribution in [2.24, 2.45) is 5.41 Å². The Kier molecular flexibility index (Phi) is 5.55. The number of ether oxygens (including phenoxy) is 1. The van der Waals surface area contributed by atoms with Crippen molar-refractivity contribution in [2.75, 3.05) is 39.9 Å². The molecule has 2 N–H and O–H groups in total. The number of aliphatic carboxylic acids is 1. The van der Waals surface area contributed by atoms with Gasteiger partial charge in [-0.05, 0) is 32.9 Å². The zero-order valence-corrected chi connectivity index (χ0v) is 11.1. The first-order chi connectivity index (χ1) is 8.48. The van der Waals surface area contributed by atoms with Crippen LogP contribution in [0.4, 0.5) is 0 Å². The van der Waals surface area contributed by atoms with E-state index in [1.807, 2.05) is 4.90 Å². The average Bonchev–Trinajstić information content (AvgIpc) is 2.32. The first-order valence-electron chi connectivity index (χ1n) is 6.19. The lowest BCUT2D eigenvalue weighted by Gasteiger charge is -2.35. The zero-order valence-electron chi connectivity index (χ0n) is 11.1. The Bertz CT molecular complexity index is 298. The van der Waals surface area contributed by atoms with Gasteiger partial charge in [0.15, 0.2) is 0 Å². The lowest BCUT2D eigenvalue weighted by molar-refractivity contribution is -0.150. The van der Waals surface area contributed by atoms with Crippen LogP contribution in [-0.4, -0.2) is 61.8 Å². The number of methoxy groups -OCH3 is 1. The molecular formula is C12H22N2O4.